The Morgan fingerprint density at radius 2 is 1.97 bits per heavy atom. The molecular weight excluding hydrogens is 509 g/mol. The van der Waals surface area contributed by atoms with E-state index in [1.165, 1.54) is 11.3 Å². The maximum absolute atomic E-state index is 11.6. The summed E-state index contributed by atoms with van der Waals surface area (Å²) in [6, 6.07) is 8.66. The molecule has 33 heavy (non-hydrogen) atoms. The molecule has 11 heteroatoms. The Kier molecular flexibility index (Phi) is 9.20. The zero-order valence-electron chi connectivity index (χ0n) is 17.7. The van der Waals surface area contributed by atoms with Gasteiger partial charge in [0.15, 0.2) is 5.75 Å². The third-order valence-electron chi connectivity index (χ3n) is 4.20. The second-order valence-electron chi connectivity index (χ2n) is 6.55. The number of halogens is 3. The topological polar surface area (TPSA) is 82.0 Å². The van der Waals surface area contributed by atoms with Crippen LogP contribution in [0, 0.1) is 0 Å². The van der Waals surface area contributed by atoms with E-state index in [1.807, 2.05) is 18.2 Å². The number of hydrazone groups is 1. The van der Waals surface area contributed by atoms with Gasteiger partial charge in [-0.3, -0.25) is 10.2 Å². The lowest BCUT2D eigenvalue weighted by molar-refractivity contribution is -0.142. The van der Waals surface area contributed by atoms with Crippen molar-refractivity contribution < 1.29 is 19.0 Å². The third kappa shape index (κ3) is 7.23. The van der Waals surface area contributed by atoms with Crippen LogP contribution in [0.2, 0.25) is 15.1 Å². The molecule has 7 nitrogen and oxygen atoms in total. The summed E-state index contributed by atoms with van der Waals surface area (Å²) in [5.41, 5.74) is 5.06. The van der Waals surface area contributed by atoms with Gasteiger partial charge < -0.3 is 14.2 Å². The maximum Gasteiger partial charge on any atom is 0.311 e. The van der Waals surface area contributed by atoms with Crippen LogP contribution in [-0.2, 0) is 22.6 Å². The molecule has 0 unspecified atom stereocenters. The van der Waals surface area contributed by atoms with Gasteiger partial charge in [-0.05, 0) is 42.8 Å². The lowest BCUT2D eigenvalue weighted by atomic mass is 10.1. The number of carbonyl (C=O) groups excluding carboxylic acids is 1. The van der Waals surface area contributed by atoms with E-state index >= 15 is 0 Å². The van der Waals surface area contributed by atoms with Crippen molar-refractivity contribution in [1.29, 1.82) is 0 Å². The number of anilines is 1. The Morgan fingerprint density at radius 3 is 2.67 bits per heavy atom. The zero-order chi connectivity index (χ0) is 23.8. The Bertz CT molecular complexity index is 1130. The van der Waals surface area contributed by atoms with Gasteiger partial charge in [0.05, 0.1) is 42.1 Å². The number of hydrogen-bond acceptors (Lipinski definition) is 8. The lowest BCUT2D eigenvalue weighted by Gasteiger charge is -2.13. The van der Waals surface area contributed by atoms with Crippen molar-refractivity contribution in [2.75, 3.05) is 19.1 Å². The summed E-state index contributed by atoms with van der Waals surface area (Å²) in [6.45, 7) is 2.27. The molecule has 0 saturated heterocycles. The van der Waals surface area contributed by atoms with E-state index in [4.69, 9.17) is 49.0 Å². The van der Waals surface area contributed by atoms with Crippen molar-refractivity contribution in [3.63, 3.8) is 0 Å². The molecule has 0 amide bonds. The number of benzene rings is 2. The van der Waals surface area contributed by atoms with Gasteiger partial charge in [-0.25, -0.2) is 4.98 Å². The van der Waals surface area contributed by atoms with Crippen LogP contribution in [0.5, 0.6) is 11.5 Å². The van der Waals surface area contributed by atoms with Crippen molar-refractivity contribution in [1.82, 2.24) is 4.98 Å². The van der Waals surface area contributed by atoms with Crippen LogP contribution in [0.3, 0.4) is 0 Å². The number of nitrogens with zero attached hydrogens (tertiary/aromatic N) is 2. The standard InChI is InChI=1S/C22H20Cl3N3O4S/c1-3-31-20(29)9-16-12-33-22(27-16)28-26-10-13-4-5-19(30-2)14(6-13)11-32-21-17(24)7-15(23)8-18(21)25/h4-8,10,12H,3,9,11H2,1-2H3,(H,27,28). The Labute approximate surface area is 210 Å². The van der Waals surface area contributed by atoms with Crippen LogP contribution in [-0.4, -0.2) is 30.9 Å². The van der Waals surface area contributed by atoms with E-state index in [2.05, 4.69) is 15.5 Å². The third-order valence-corrected chi connectivity index (χ3v) is 5.77. The number of hydrogen-bond donors (Lipinski definition) is 1. The molecule has 0 atom stereocenters. The Balaban J connectivity index is 1.65. The number of esters is 1. The predicted molar refractivity (Wildman–Crippen MR) is 132 cm³/mol. The minimum absolute atomic E-state index is 0.124. The van der Waals surface area contributed by atoms with Crippen molar-refractivity contribution in [2.24, 2.45) is 5.10 Å². The second kappa shape index (κ2) is 12.1. The molecule has 174 valence electrons. The van der Waals surface area contributed by atoms with E-state index in [9.17, 15) is 4.79 Å². The summed E-state index contributed by atoms with van der Waals surface area (Å²) in [4.78, 5) is 15.9. The molecule has 0 aliphatic carbocycles. The first-order valence-corrected chi connectivity index (χ1v) is 11.7. The number of carbonyl (C=O) groups is 1. The van der Waals surface area contributed by atoms with Crippen molar-refractivity contribution in [3.8, 4) is 11.5 Å². The van der Waals surface area contributed by atoms with Gasteiger partial charge in [-0.1, -0.05) is 34.8 Å². The molecule has 0 aliphatic rings. The first kappa shape index (κ1) is 25.1. The largest absolute Gasteiger partial charge is 0.496 e. The van der Waals surface area contributed by atoms with E-state index in [0.29, 0.717) is 44.0 Å². The molecular formula is C22H20Cl3N3O4S. The smallest absolute Gasteiger partial charge is 0.311 e. The van der Waals surface area contributed by atoms with Gasteiger partial charge in [0.2, 0.25) is 5.13 Å². The molecule has 0 aliphatic heterocycles. The molecule has 1 N–H and O–H groups in total. The van der Waals surface area contributed by atoms with Crippen LogP contribution in [0.25, 0.3) is 0 Å². The highest BCUT2D eigenvalue weighted by molar-refractivity contribution is 7.13. The predicted octanol–water partition coefficient (Wildman–Crippen LogP) is 6.24. The number of ether oxygens (including phenoxy) is 3. The number of rotatable bonds is 10. The van der Waals surface area contributed by atoms with Gasteiger partial charge in [-0.15, -0.1) is 11.3 Å². The fraction of sp³-hybridized carbons (Fsp3) is 0.227. The maximum atomic E-state index is 11.6. The molecule has 0 saturated carbocycles. The number of nitrogens with one attached hydrogen (secondary N) is 1. The van der Waals surface area contributed by atoms with Gasteiger partial charge in [0.1, 0.15) is 12.4 Å². The number of thiazole rings is 1. The van der Waals surface area contributed by atoms with E-state index in [0.717, 1.165) is 11.1 Å². The summed E-state index contributed by atoms with van der Waals surface area (Å²) in [5.74, 6) is 0.671. The molecule has 3 rings (SSSR count). The highest BCUT2D eigenvalue weighted by atomic mass is 35.5. The fourth-order valence-electron chi connectivity index (χ4n) is 2.77. The molecule has 1 aromatic heterocycles. The Morgan fingerprint density at radius 1 is 1.21 bits per heavy atom. The van der Waals surface area contributed by atoms with E-state index in [-0.39, 0.29) is 19.0 Å². The second-order valence-corrected chi connectivity index (χ2v) is 8.66. The normalized spacial score (nSPS) is 10.9. The van der Waals surface area contributed by atoms with Gasteiger partial charge >= 0.3 is 5.97 Å². The monoisotopic (exact) mass is 527 g/mol. The quantitative estimate of drug-likeness (QED) is 0.190. The minimum atomic E-state index is -0.313. The molecule has 1 heterocycles. The molecule has 0 radical (unpaired) electrons. The van der Waals surface area contributed by atoms with Crippen molar-refractivity contribution >= 4 is 63.5 Å². The van der Waals surface area contributed by atoms with Crippen LogP contribution in [0.1, 0.15) is 23.7 Å². The number of aromatic nitrogens is 1. The average molecular weight is 529 g/mol. The fourth-order valence-corrected chi connectivity index (χ4v) is 4.35. The summed E-state index contributed by atoms with van der Waals surface area (Å²) < 4.78 is 16.2. The van der Waals surface area contributed by atoms with Crippen LogP contribution in [0.15, 0.2) is 40.8 Å². The average Bonchev–Trinajstić information content (AvgIpc) is 3.20. The molecule has 0 bridgehead atoms. The molecule has 0 spiro atoms. The van der Waals surface area contributed by atoms with Gasteiger partial charge in [0.25, 0.3) is 0 Å². The summed E-state index contributed by atoms with van der Waals surface area (Å²) in [7, 11) is 1.58. The van der Waals surface area contributed by atoms with Gasteiger partial charge in [-0.2, -0.15) is 5.10 Å². The first-order valence-electron chi connectivity index (χ1n) is 9.73. The highest BCUT2D eigenvalue weighted by Gasteiger charge is 2.12. The van der Waals surface area contributed by atoms with Crippen LogP contribution in [0.4, 0.5) is 5.13 Å². The number of methoxy groups -OCH3 is 1. The van der Waals surface area contributed by atoms with Crippen LogP contribution < -0.4 is 14.9 Å². The molecule has 0 fully saturated rings. The van der Waals surface area contributed by atoms with Crippen molar-refractivity contribution in [2.45, 2.75) is 20.0 Å². The first-order chi connectivity index (χ1) is 15.9. The summed E-state index contributed by atoms with van der Waals surface area (Å²) in [6.07, 6.45) is 1.76. The van der Waals surface area contributed by atoms with E-state index in [1.54, 1.807) is 37.8 Å². The van der Waals surface area contributed by atoms with E-state index < -0.39 is 0 Å². The van der Waals surface area contributed by atoms with Crippen molar-refractivity contribution in [3.05, 3.63) is 67.6 Å². The van der Waals surface area contributed by atoms with Crippen LogP contribution >= 0.6 is 46.1 Å². The van der Waals surface area contributed by atoms with Gasteiger partial charge in [0, 0.05) is 16.0 Å². The highest BCUT2D eigenvalue weighted by Crippen LogP contribution is 2.36. The lowest BCUT2D eigenvalue weighted by Crippen LogP contribution is -2.07. The minimum Gasteiger partial charge on any atom is -0.496 e. The molecule has 3 aromatic rings. The SMILES string of the molecule is CCOC(=O)Cc1csc(NN=Cc2ccc(OC)c(COc3c(Cl)cc(Cl)cc3Cl)c2)n1. The molecule has 2 aromatic carbocycles. The summed E-state index contributed by atoms with van der Waals surface area (Å²) in [5, 5.41) is 7.62. The zero-order valence-corrected chi connectivity index (χ0v) is 20.8. The summed E-state index contributed by atoms with van der Waals surface area (Å²) >= 11 is 19.7. The Hall–Kier alpha value is -2.52.